The van der Waals surface area contributed by atoms with E-state index in [2.05, 4.69) is 4.98 Å². The number of carbonyl (C=O) groups is 1. The van der Waals surface area contributed by atoms with Gasteiger partial charge in [0, 0.05) is 28.7 Å². The van der Waals surface area contributed by atoms with Gasteiger partial charge in [-0.3, -0.25) is 9.78 Å². The molecule has 2 aromatic carbocycles. The number of anilines is 1. The summed E-state index contributed by atoms with van der Waals surface area (Å²) in [4.78, 5) is 18.9. The quantitative estimate of drug-likeness (QED) is 0.679. The average molecular weight is 337 g/mol. The van der Waals surface area contributed by atoms with Gasteiger partial charge >= 0.3 is 0 Å². The van der Waals surface area contributed by atoms with Gasteiger partial charge in [-0.2, -0.15) is 0 Å². The van der Waals surface area contributed by atoms with Gasteiger partial charge in [0.25, 0.3) is 5.91 Å². The fourth-order valence-electron chi connectivity index (χ4n) is 2.53. The van der Waals surface area contributed by atoms with Crippen molar-refractivity contribution in [2.45, 2.75) is 13.5 Å². The maximum Gasteiger partial charge on any atom is 0.258 e. The van der Waals surface area contributed by atoms with Crippen LogP contribution in [0.2, 0.25) is 5.02 Å². The molecule has 3 nitrogen and oxygen atoms in total. The summed E-state index contributed by atoms with van der Waals surface area (Å²) in [5, 5.41) is 0.644. The number of hydrogen-bond acceptors (Lipinski definition) is 2. The Morgan fingerprint density at radius 2 is 1.75 bits per heavy atom. The predicted molar refractivity (Wildman–Crippen MR) is 97.4 cm³/mol. The van der Waals surface area contributed by atoms with Crippen LogP contribution in [0, 0.1) is 6.92 Å². The van der Waals surface area contributed by atoms with Gasteiger partial charge in [-0.15, -0.1) is 0 Å². The first-order chi connectivity index (χ1) is 11.6. The van der Waals surface area contributed by atoms with E-state index in [4.69, 9.17) is 11.6 Å². The lowest BCUT2D eigenvalue weighted by Gasteiger charge is -2.24. The number of benzene rings is 2. The van der Waals surface area contributed by atoms with Crippen molar-refractivity contribution in [3.8, 4) is 0 Å². The van der Waals surface area contributed by atoms with Gasteiger partial charge in [0.15, 0.2) is 0 Å². The van der Waals surface area contributed by atoms with E-state index in [-0.39, 0.29) is 5.91 Å². The number of rotatable bonds is 4. The van der Waals surface area contributed by atoms with Gasteiger partial charge in [-0.25, -0.2) is 0 Å². The minimum atomic E-state index is -0.0546. The number of aromatic nitrogens is 1. The molecule has 0 saturated carbocycles. The average Bonchev–Trinajstić information content (AvgIpc) is 2.61. The largest absolute Gasteiger partial charge is 0.304 e. The van der Waals surface area contributed by atoms with Crippen molar-refractivity contribution >= 4 is 23.2 Å². The molecule has 1 amide bonds. The van der Waals surface area contributed by atoms with E-state index >= 15 is 0 Å². The molecule has 0 aliphatic heterocycles. The summed E-state index contributed by atoms with van der Waals surface area (Å²) < 4.78 is 0. The molecule has 0 radical (unpaired) electrons. The summed E-state index contributed by atoms with van der Waals surface area (Å²) in [6.07, 6.45) is 3.35. The Bertz CT molecular complexity index is 832. The zero-order chi connectivity index (χ0) is 16.9. The number of carbonyl (C=O) groups excluding carboxylic acids is 1. The molecule has 0 N–H and O–H groups in total. The number of nitrogens with zero attached hydrogens (tertiary/aromatic N) is 2. The molecule has 3 aromatic rings. The predicted octanol–water partition coefficient (Wildman–Crippen LogP) is 4.89. The molecule has 0 unspecified atom stereocenters. The zero-order valence-electron chi connectivity index (χ0n) is 13.3. The normalized spacial score (nSPS) is 10.4. The van der Waals surface area contributed by atoms with Crippen molar-refractivity contribution in [3.63, 3.8) is 0 Å². The molecule has 1 heterocycles. The Balaban J connectivity index is 1.99. The van der Waals surface area contributed by atoms with Crippen molar-refractivity contribution in [3.05, 3.63) is 94.8 Å². The monoisotopic (exact) mass is 336 g/mol. The molecule has 4 heteroatoms. The summed E-state index contributed by atoms with van der Waals surface area (Å²) in [5.41, 5.74) is 3.38. The van der Waals surface area contributed by atoms with Crippen molar-refractivity contribution in [1.29, 1.82) is 0 Å². The minimum absolute atomic E-state index is 0.0546. The second-order valence-corrected chi connectivity index (χ2v) is 5.98. The minimum Gasteiger partial charge on any atom is -0.304 e. The van der Waals surface area contributed by atoms with E-state index in [0.717, 1.165) is 16.8 Å². The maximum atomic E-state index is 13.1. The van der Waals surface area contributed by atoms with Crippen LogP contribution in [0.1, 0.15) is 21.5 Å². The highest BCUT2D eigenvalue weighted by atomic mass is 35.5. The van der Waals surface area contributed by atoms with Crippen molar-refractivity contribution in [2.24, 2.45) is 0 Å². The van der Waals surface area contributed by atoms with E-state index in [0.29, 0.717) is 17.1 Å². The number of halogens is 1. The van der Waals surface area contributed by atoms with Crippen LogP contribution in [0.4, 0.5) is 5.69 Å². The van der Waals surface area contributed by atoms with Gasteiger partial charge < -0.3 is 4.90 Å². The highest BCUT2D eigenvalue weighted by molar-refractivity contribution is 6.30. The van der Waals surface area contributed by atoms with Crippen molar-refractivity contribution in [1.82, 2.24) is 4.98 Å². The summed E-state index contributed by atoms with van der Waals surface area (Å²) in [5.74, 6) is -0.0546. The number of aryl methyl sites for hydroxylation is 1. The molecule has 0 aliphatic rings. The number of pyridine rings is 1. The van der Waals surface area contributed by atoms with Crippen LogP contribution < -0.4 is 4.90 Å². The molecular formula is C20H17ClN2O. The molecule has 120 valence electrons. The van der Waals surface area contributed by atoms with Crippen LogP contribution >= 0.6 is 11.6 Å². The Hall–Kier alpha value is -2.65. The van der Waals surface area contributed by atoms with Gasteiger partial charge in [0.1, 0.15) is 0 Å². The van der Waals surface area contributed by atoms with E-state index < -0.39 is 0 Å². The Labute approximate surface area is 146 Å². The molecule has 0 bridgehead atoms. The summed E-state index contributed by atoms with van der Waals surface area (Å²) in [6.45, 7) is 2.38. The fraction of sp³-hybridized carbons (Fsp3) is 0.100. The first-order valence-corrected chi connectivity index (χ1v) is 8.05. The Morgan fingerprint density at radius 3 is 2.42 bits per heavy atom. The van der Waals surface area contributed by atoms with Gasteiger partial charge in [-0.1, -0.05) is 41.9 Å². The summed E-state index contributed by atoms with van der Waals surface area (Å²) >= 11 is 5.99. The molecular weight excluding hydrogens is 320 g/mol. The number of amides is 1. The maximum absolute atomic E-state index is 13.1. The molecule has 3 rings (SSSR count). The zero-order valence-corrected chi connectivity index (χ0v) is 14.1. The molecule has 0 aliphatic carbocycles. The standard InChI is InChI=1S/C20H17ClN2O/c1-15-13-22-12-11-19(15)20(24)23(14-16-5-3-2-4-6-16)18-9-7-17(21)8-10-18/h2-13H,14H2,1H3. The van der Waals surface area contributed by atoms with Crippen LogP contribution in [0.25, 0.3) is 0 Å². The molecule has 0 fully saturated rings. The second kappa shape index (κ2) is 7.28. The van der Waals surface area contributed by atoms with Crippen LogP contribution in [-0.2, 0) is 6.54 Å². The Kier molecular flexibility index (Phi) is 4.92. The number of hydrogen-bond donors (Lipinski definition) is 0. The van der Waals surface area contributed by atoms with E-state index in [9.17, 15) is 4.79 Å². The SMILES string of the molecule is Cc1cnccc1C(=O)N(Cc1ccccc1)c1ccc(Cl)cc1. The molecule has 0 atom stereocenters. The highest BCUT2D eigenvalue weighted by Gasteiger charge is 2.19. The third kappa shape index (κ3) is 3.63. The molecule has 0 spiro atoms. The lowest BCUT2D eigenvalue weighted by Crippen LogP contribution is -2.31. The van der Waals surface area contributed by atoms with Gasteiger partial charge in [0.05, 0.1) is 6.54 Å². The van der Waals surface area contributed by atoms with Gasteiger partial charge in [-0.05, 0) is 48.4 Å². The van der Waals surface area contributed by atoms with Gasteiger partial charge in [0.2, 0.25) is 0 Å². The molecule has 0 saturated heterocycles. The molecule has 24 heavy (non-hydrogen) atoms. The van der Waals surface area contributed by atoms with E-state index in [1.54, 1.807) is 35.5 Å². The van der Waals surface area contributed by atoms with Crippen LogP contribution in [0.5, 0.6) is 0 Å². The first-order valence-electron chi connectivity index (χ1n) is 7.67. The molecule has 1 aromatic heterocycles. The van der Waals surface area contributed by atoms with Crippen LogP contribution in [0.15, 0.2) is 73.1 Å². The smallest absolute Gasteiger partial charge is 0.258 e. The second-order valence-electron chi connectivity index (χ2n) is 5.54. The lowest BCUT2D eigenvalue weighted by molar-refractivity contribution is 0.0984. The summed E-state index contributed by atoms with van der Waals surface area (Å²) in [6, 6.07) is 19.0. The third-order valence-corrected chi connectivity index (χ3v) is 4.07. The van der Waals surface area contributed by atoms with Crippen LogP contribution in [-0.4, -0.2) is 10.9 Å². The van der Waals surface area contributed by atoms with E-state index in [1.807, 2.05) is 49.4 Å². The Morgan fingerprint density at radius 1 is 1.04 bits per heavy atom. The highest BCUT2D eigenvalue weighted by Crippen LogP contribution is 2.23. The first kappa shape index (κ1) is 16.2. The third-order valence-electron chi connectivity index (χ3n) is 3.82. The van der Waals surface area contributed by atoms with Crippen molar-refractivity contribution < 1.29 is 4.79 Å². The fourth-order valence-corrected chi connectivity index (χ4v) is 2.65. The summed E-state index contributed by atoms with van der Waals surface area (Å²) in [7, 11) is 0. The van der Waals surface area contributed by atoms with Crippen molar-refractivity contribution in [2.75, 3.05) is 4.90 Å². The van der Waals surface area contributed by atoms with Crippen LogP contribution in [0.3, 0.4) is 0 Å². The topological polar surface area (TPSA) is 33.2 Å². The lowest BCUT2D eigenvalue weighted by atomic mass is 10.1. The van der Waals surface area contributed by atoms with E-state index in [1.165, 1.54) is 0 Å².